The molecule has 1 atom stereocenters. The smallest absolute Gasteiger partial charge is 0.229 e. The molecule has 2 aromatic carbocycles. The minimum absolute atomic E-state index is 0.00372. The van der Waals surface area contributed by atoms with Crippen molar-refractivity contribution in [3.05, 3.63) is 58.1 Å². The zero-order chi connectivity index (χ0) is 17.3. The van der Waals surface area contributed by atoms with Gasteiger partial charge in [0.15, 0.2) is 0 Å². The summed E-state index contributed by atoms with van der Waals surface area (Å²) in [6, 6.07) is 13.4. The minimum Gasteiger partial charge on any atom is -0.325 e. The number of halogens is 1. The Morgan fingerprint density at radius 3 is 2.67 bits per heavy atom. The lowest BCUT2D eigenvalue weighted by Crippen LogP contribution is -2.28. The van der Waals surface area contributed by atoms with Crippen LogP contribution in [0, 0.1) is 19.8 Å². The number of hydrogen-bond donors (Lipinski definition) is 1. The summed E-state index contributed by atoms with van der Waals surface area (Å²) in [5, 5.41) is 2.91. The van der Waals surface area contributed by atoms with E-state index in [-0.39, 0.29) is 24.2 Å². The maximum absolute atomic E-state index is 12.5. The molecule has 1 unspecified atom stereocenters. The van der Waals surface area contributed by atoms with Crippen molar-refractivity contribution in [2.75, 3.05) is 16.8 Å². The van der Waals surface area contributed by atoms with Gasteiger partial charge in [-0.15, -0.1) is 0 Å². The van der Waals surface area contributed by atoms with Gasteiger partial charge in [0.05, 0.1) is 11.6 Å². The molecule has 3 rings (SSSR count). The van der Waals surface area contributed by atoms with E-state index in [0.29, 0.717) is 6.54 Å². The summed E-state index contributed by atoms with van der Waals surface area (Å²) in [7, 11) is 0. The van der Waals surface area contributed by atoms with Crippen molar-refractivity contribution < 1.29 is 9.59 Å². The third kappa shape index (κ3) is 3.22. The molecular formula is C19H19BrN2O2. The second kappa shape index (κ2) is 6.77. The number of hydrogen-bond acceptors (Lipinski definition) is 2. The Kier molecular flexibility index (Phi) is 4.71. The summed E-state index contributed by atoms with van der Waals surface area (Å²) < 4.78 is 0.828. The van der Waals surface area contributed by atoms with E-state index in [1.54, 1.807) is 4.90 Å². The molecule has 0 aliphatic carbocycles. The lowest BCUT2D eigenvalue weighted by Gasteiger charge is -2.20. The maximum Gasteiger partial charge on any atom is 0.229 e. The first-order chi connectivity index (χ1) is 11.5. The van der Waals surface area contributed by atoms with Crippen molar-refractivity contribution in [2.45, 2.75) is 20.3 Å². The molecule has 24 heavy (non-hydrogen) atoms. The zero-order valence-electron chi connectivity index (χ0n) is 13.7. The third-order valence-corrected chi connectivity index (χ3v) is 5.19. The number of carbonyl (C=O) groups is 2. The van der Waals surface area contributed by atoms with Crippen LogP contribution in [0.1, 0.15) is 17.5 Å². The Morgan fingerprint density at radius 1 is 1.17 bits per heavy atom. The van der Waals surface area contributed by atoms with E-state index in [1.807, 2.05) is 56.3 Å². The van der Waals surface area contributed by atoms with Crippen molar-refractivity contribution in [2.24, 2.45) is 5.92 Å². The van der Waals surface area contributed by atoms with Gasteiger partial charge in [0.1, 0.15) is 0 Å². The van der Waals surface area contributed by atoms with Crippen molar-refractivity contribution in [1.82, 2.24) is 0 Å². The predicted molar refractivity (Wildman–Crippen MR) is 99.1 cm³/mol. The third-order valence-electron chi connectivity index (χ3n) is 4.49. The number of para-hydroxylation sites is 1. The number of anilines is 2. The van der Waals surface area contributed by atoms with Crippen molar-refractivity contribution in [1.29, 1.82) is 0 Å². The molecule has 0 aromatic heterocycles. The number of aryl methyl sites for hydroxylation is 1. The van der Waals surface area contributed by atoms with Crippen molar-refractivity contribution in [3.8, 4) is 0 Å². The Morgan fingerprint density at radius 2 is 1.92 bits per heavy atom. The number of amides is 2. The Hall–Kier alpha value is -2.14. The predicted octanol–water partition coefficient (Wildman–Crippen LogP) is 4.06. The van der Waals surface area contributed by atoms with Gasteiger partial charge in [0.2, 0.25) is 11.8 Å². The minimum atomic E-state index is -0.343. The van der Waals surface area contributed by atoms with Crippen molar-refractivity contribution >= 4 is 39.1 Å². The standard InChI is InChI=1S/C19H19BrN2O2/c1-12-6-5-9-17(13(12)2)22-11-14(10-18(22)23)19(24)21-16-8-4-3-7-15(16)20/h3-9,14H,10-11H2,1-2H3,(H,21,24). The highest BCUT2D eigenvalue weighted by atomic mass is 79.9. The molecule has 1 saturated heterocycles. The fourth-order valence-corrected chi connectivity index (χ4v) is 3.33. The summed E-state index contributed by atoms with van der Waals surface area (Å²) in [4.78, 5) is 26.7. The van der Waals surface area contributed by atoms with Crippen LogP contribution >= 0.6 is 15.9 Å². The first-order valence-electron chi connectivity index (χ1n) is 7.89. The maximum atomic E-state index is 12.5. The zero-order valence-corrected chi connectivity index (χ0v) is 15.3. The van der Waals surface area contributed by atoms with E-state index in [2.05, 4.69) is 21.2 Å². The summed E-state index contributed by atoms with van der Waals surface area (Å²) in [6.07, 6.45) is 0.240. The van der Waals surface area contributed by atoms with Crippen molar-refractivity contribution in [3.63, 3.8) is 0 Å². The molecule has 1 heterocycles. The van der Waals surface area contributed by atoms with Gasteiger partial charge in [0, 0.05) is 23.1 Å². The number of benzene rings is 2. The molecule has 0 spiro atoms. The molecule has 4 nitrogen and oxygen atoms in total. The highest BCUT2D eigenvalue weighted by Crippen LogP contribution is 2.30. The van der Waals surface area contributed by atoms with Crippen LogP contribution in [-0.2, 0) is 9.59 Å². The van der Waals surface area contributed by atoms with Crippen LogP contribution in [0.15, 0.2) is 46.9 Å². The fraction of sp³-hybridized carbons (Fsp3) is 0.263. The van der Waals surface area contributed by atoms with E-state index < -0.39 is 0 Å². The normalized spacial score (nSPS) is 17.2. The Labute approximate surface area is 150 Å². The number of nitrogens with zero attached hydrogens (tertiary/aromatic N) is 1. The highest BCUT2D eigenvalue weighted by Gasteiger charge is 2.35. The molecule has 5 heteroatoms. The Bertz CT molecular complexity index is 804. The molecule has 2 amide bonds. The number of carbonyl (C=O) groups excluding carboxylic acids is 2. The van der Waals surface area contributed by atoms with Gasteiger partial charge >= 0.3 is 0 Å². The molecule has 1 aliphatic rings. The van der Waals surface area contributed by atoms with E-state index in [0.717, 1.165) is 27.0 Å². The van der Waals surface area contributed by atoms with Crippen LogP contribution in [0.2, 0.25) is 0 Å². The summed E-state index contributed by atoms with van der Waals surface area (Å²) >= 11 is 3.42. The first kappa shape index (κ1) is 16.7. The molecule has 1 fully saturated rings. The van der Waals surface area contributed by atoms with E-state index in [1.165, 1.54) is 0 Å². The largest absolute Gasteiger partial charge is 0.325 e. The van der Waals surface area contributed by atoms with Crippen LogP contribution < -0.4 is 10.2 Å². The van der Waals surface area contributed by atoms with Crippen LogP contribution in [0.4, 0.5) is 11.4 Å². The topological polar surface area (TPSA) is 49.4 Å². The number of nitrogens with one attached hydrogen (secondary N) is 1. The molecule has 0 radical (unpaired) electrons. The van der Waals surface area contributed by atoms with Crippen LogP contribution in [0.5, 0.6) is 0 Å². The summed E-state index contributed by atoms with van der Waals surface area (Å²) in [5.74, 6) is -0.469. The summed E-state index contributed by atoms with van der Waals surface area (Å²) in [6.45, 7) is 4.45. The number of rotatable bonds is 3. The van der Waals surface area contributed by atoms with Crippen LogP contribution in [0.25, 0.3) is 0 Å². The second-order valence-corrected chi connectivity index (χ2v) is 6.95. The average Bonchev–Trinajstić information content (AvgIpc) is 2.94. The monoisotopic (exact) mass is 386 g/mol. The van der Waals surface area contributed by atoms with E-state index >= 15 is 0 Å². The van der Waals surface area contributed by atoms with E-state index in [4.69, 9.17) is 0 Å². The van der Waals surface area contributed by atoms with Gasteiger partial charge in [0.25, 0.3) is 0 Å². The van der Waals surface area contributed by atoms with E-state index in [9.17, 15) is 9.59 Å². The van der Waals surface area contributed by atoms with Gasteiger partial charge in [-0.2, -0.15) is 0 Å². The van der Waals surface area contributed by atoms with Crippen LogP contribution in [0.3, 0.4) is 0 Å². The summed E-state index contributed by atoms with van der Waals surface area (Å²) in [5.41, 5.74) is 3.84. The van der Waals surface area contributed by atoms with Gasteiger partial charge in [-0.3, -0.25) is 9.59 Å². The molecule has 2 aromatic rings. The first-order valence-corrected chi connectivity index (χ1v) is 8.68. The average molecular weight is 387 g/mol. The molecule has 0 bridgehead atoms. The molecular weight excluding hydrogens is 368 g/mol. The molecule has 1 aliphatic heterocycles. The molecule has 124 valence electrons. The lowest BCUT2D eigenvalue weighted by atomic mass is 10.1. The van der Waals surface area contributed by atoms with Gasteiger partial charge in [-0.1, -0.05) is 24.3 Å². The highest BCUT2D eigenvalue weighted by molar-refractivity contribution is 9.10. The lowest BCUT2D eigenvalue weighted by molar-refractivity contribution is -0.122. The van der Waals surface area contributed by atoms with Gasteiger partial charge in [-0.05, 0) is 59.1 Å². The molecule has 0 saturated carbocycles. The second-order valence-electron chi connectivity index (χ2n) is 6.09. The van der Waals surface area contributed by atoms with Gasteiger partial charge < -0.3 is 10.2 Å². The SMILES string of the molecule is Cc1cccc(N2CC(C(=O)Nc3ccccc3Br)CC2=O)c1C. The molecule has 1 N–H and O–H groups in total. The quantitative estimate of drug-likeness (QED) is 0.864. The fourth-order valence-electron chi connectivity index (χ4n) is 2.94. The Balaban J connectivity index is 1.76. The van der Waals surface area contributed by atoms with Crippen LogP contribution in [-0.4, -0.2) is 18.4 Å². The van der Waals surface area contributed by atoms with Gasteiger partial charge in [-0.25, -0.2) is 0 Å².